The summed E-state index contributed by atoms with van der Waals surface area (Å²) in [5.74, 6) is -0.609. The van der Waals surface area contributed by atoms with Crippen LogP contribution in [0.25, 0.3) is 0 Å². The average molecular weight is 253 g/mol. The van der Waals surface area contributed by atoms with Gasteiger partial charge in [-0.1, -0.05) is 11.3 Å². The molecule has 0 aliphatic heterocycles. The number of nitrogens with zero attached hydrogens (tertiary/aromatic N) is 1. The molecule has 0 bridgehead atoms. The first-order valence-corrected chi connectivity index (χ1v) is 4.45. The number of carbonyl (C=O) groups is 1. The summed E-state index contributed by atoms with van der Waals surface area (Å²) in [7, 11) is 1.21. The van der Waals surface area contributed by atoms with Crippen molar-refractivity contribution in [3.8, 4) is 0 Å². The Hall–Kier alpha value is -1.18. The zero-order valence-corrected chi connectivity index (χ0v) is 9.34. The van der Waals surface area contributed by atoms with Crippen molar-refractivity contribution < 1.29 is 14.5 Å². The van der Waals surface area contributed by atoms with Gasteiger partial charge in [0.1, 0.15) is 6.04 Å². The van der Waals surface area contributed by atoms with Crippen LogP contribution in [-0.4, -0.2) is 18.0 Å². The van der Waals surface area contributed by atoms with Crippen molar-refractivity contribution >= 4 is 34.7 Å². The minimum atomic E-state index is -0.946. The highest BCUT2D eigenvalue weighted by Gasteiger charge is 2.21. The number of nitro groups is 1. The number of rotatable bonds is 3. The van der Waals surface area contributed by atoms with Crippen LogP contribution in [0.5, 0.6) is 0 Å². The second-order valence-electron chi connectivity index (χ2n) is 2.43. The predicted molar refractivity (Wildman–Crippen MR) is 57.2 cm³/mol. The number of hydrogen-bond acceptors (Lipinski definition) is 6. The second-order valence-corrected chi connectivity index (χ2v) is 3.53. The lowest BCUT2D eigenvalue weighted by atomic mass is 10.2. The Balaban J connectivity index is 0.00000196. The molecule has 1 heterocycles. The van der Waals surface area contributed by atoms with Gasteiger partial charge in [-0.25, -0.2) is 4.79 Å². The molecule has 0 fully saturated rings. The summed E-state index contributed by atoms with van der Waals surface area (Å²) < 4.78 is 4.41. The molecule has 0 radical (unpaired) electrons. The van der Waals surface area contributed by atoms with Gasteiger partial charge in [-0.3, -0.25) is 10.1 Å². The van der Waals surface area contributed by atoms with Crippen LogP contribution in [-0.2, 0) is 9.53 Å². The zero-order chi connectivity index (χ0) is 10.7. The van der Waals surface area contributed by atoms with Gasteiger partial charge in [0, 0.05) is 10.9 Å². The summed E-state index contributed by atoms with van der Waals surface area (Å²) >= 11 is 0.868. The minimum absolute atomic E-state index is 0. The monoisotopic (exact) mass is 252 g/mol. The smallest absolute Gasteiger partial charge is 0.328 e. The fourth-order valence-corrected chi connectivity index (χ4v) is 1.66. The van der Waals surface area contributed by atoms with E-state index in [-0.39, 0.29) is 17.4 Å². The molecule has 0 aliphatic carbocycles. The van der Waals surface area contributed by atoms with Crippen LogP contribution < -0.4 is 5.73 Å². The summed E-state index contributed by atoms with van der Waals surface area (Å²) in [6.45, 7) is 0. The minimum Gasteiger partial charge on any atom is -0.468 e. The third kappa shape index (κ3) is 3.15. The van der Waals surface area contributed by atoms with Crippen molar-refractivity contribution in [1.29, 1.82) is 0 Å². The molecule has 0 saturated heterocycles. The topological polar surface area (TPSA) is 95.5 Å². The molecule has 8 heteroatoms. The van der Waals surface area contributed by atoms with Crippen molar-refractivity contribution in [3.05, 3.63) is 27.1 Å². The third-order valence-corrected chi connectivity index (χ3v) is 2.67. The maximum absolute atomic E-state index is 11.0. The number of halogens is 1. The van der Waals surface area contributed by atoms with Gasteiger partial charge in [-0.15, -0.1) is 12.4 Å². The lowest BCUT2D eigenvalue weighted by Crippen LogP contribution is -2.21. The van der Waals surface area contributed by atoms with Crippen molar-refractivity contribution in [2.45, 2.75) is 6.04 Å². The van der Waals surface area contributed by atoms with E-state index >= 15 is 0 Å². The molecule has 2 N–H and O–H groups in total. The Morgan fingerprint density at radius 2 is 2.27 bits per heavy atom. The molecule has 0 saturated carbocycles. The number of ether oxygens (including phenoxy) is 1. The van der Waals surface area contributed by atoms with Crippen molar-refractivity contribution in [2.24, 2.45) is 5.73 Å². The Kier molecular flexibility index (Phi) is 5.20. The molecule has 0 aliphatic rings. The molecule has 1 rings (SSSR count). The molecule has 1 atom stereocenters. The van der Waals surface area contributed by atoms with Crippen LogP contribution in [0.15, 0.2) is 12.1 Å². The number of thiophene rings is 1. The van der Waals surface area contributed by atoms with Crippen molar-refractivity contribution in [1.82, 2.24) is 0 Å². The van der Waals surface area contributed by atoms with Gasteiger partial charge in [0.2, 0.25) is 0 Å². The summed E-state index contributed by atoms with van der Waals surface area (Å²) in [4.78, 5) is 21.2. The molecule has 84 valence electrons. The van der Waals surface area contributed by atoms with E-state index in [2.05, 4.69) is 4.74 Å². The van der Waals surface area contributed by atoms with E-state index in [0.29, 0.717) is 4.88 Å². The quantitative estimate of drug-likeness (QED) is 0.496. The van der Waals surface area contributed by atoms with Gasteiger partial charge in [0.25, 0.3) is 0 Å². The normalized spacial score (nSPS) is 11.3. The van der Waals surface area contributed by atoms with E-state index < -0.39 is 16.9 Å². The van der Waals surface area contributed by atoms with Gasteiger partial charge in [-0.2, -0.15) is 0 Å². The van der Waals surface area contributed by atoms with E-state index in [4.69, 9.17) is 5.73 Å². The van der Waals surface area contributed by atoms with Gasteiger partial charge in [-0.05, 0) is 6.07 Å². The number of carbonyl (C=O) groups excluding carboxylic acids is 1. The molecular weight excluding hydrogens is 244 g/mol. The van der Waals surface area contributed by atoms with Crippen molar-refractivity contribution in [3.63, 3.8) is 0 Å². The Morgan fingerprint density at radius 3 is 2.67 bits per heavy atom. The van der Waals surface area contributed by atoms with E-state index in [9.17, 15) is 14.9 Å². The molecule has 0 amide bonds. The van der Waals surface area contributed by atoms with Gasteiger partial charge in [0.05, 0.1) is 12.0 Å². The predicted octanol–water partition coefficient (Wildman–Crippen LogP) is 1.25. The molecular formula is C7H9ClN2O4S. The van der Waals surface area contributed by atoms with Crippen LogP contribution in [0, 0.1) is 10.1 Å². The summed E-state index contributed by atoms with van der Waals surface area (Å²) in [5, 5.41) is 10.3. The molecule has 0 unspecified atom stereocenters. The summed E-state index contributed by atoms with van der Waals surface area (Å²) in [6, 6.07) is 1.81. The highest BCUT2D eigenvalue weighted by molar-refractivity contribution is 7.15. The van der Waals surface area contributed by atoms with Gasteiger partial charge in [0.15, 0.2) is 0 Å². The highest BCUT2D eigenvalue weighted by atomic mass is 35.5. The fourth-order valence-electron chi connectivity index (χ4n) is 0.851. The van der Waals surface area contributed by atoms with E-state index in [1.165, 1.54) is 19.2 Å². The molecule has 1 aromatic rings. The van der Waals surface area contributed by atoms with E-state index in [1.54, 1.807) is 0 Å². The summed E-state index contributed by atoms with van der Waals surface area (Å²) in [6.07, 6.45) is 0. The first-order chi connectivity index (χ1) is 6.56. The number of hydrogen-bond donors (Lipinski definition) is 1. The number of nitrogens with two attached hydrogens (primary N) is 1. The van der Waals surface area contributed by atoms with Crippen LogP contribution in [0.1, 0.15) is 10.9 Å². The number of esters is 1. The van der Waals surface area contributed by atoms with Crippen molar-refractivity contribution in [2.75, 3.05) is 7.11 Å². The average Bonchev–Trinajstić information content (AvgIpc) is 2.64. The fraction of sp³-hybridized carbons (Fsp3) is 0.286. The van der Waals surface area contributed by atoms with Crippen LogP contribution in [0.3, 0.4) is 0 Å². The first-order valence-electron chi connectivity index (χ1n) is 3.63. The molecule has 15 heavy (non-hydrogen) atoms. The molecule has 1 aromatic heterocycles. The Bertz CT molecular complexity index is 368. The largest absolute Gasteiger partial charge is 0.468 e. The second kappa shape index (κ2) is 5.64. The SMILES string of the molecule is COC(=O)[C@@H](N)c1ccc([N+](=O)[O-])s1.Cl. The first kappa shape index (κ1) is 13.8. The highest BCUT2D eigenvalue weighted by Crippen LogP contribution is 2.28. The third-order valence-electron chi connectivity index (χ3n) is 1.55. The lowest BCUT2D eigenvalue weighted by Gasteiger charge is -2.04. The van der Waals surface area contributed by atoms with Gasteiger partial charge < -0.3 is 10.5 Å². The van der Waals surface area contributed by atoms with Crippen LogP contribution >= 0.6 is 23.7 Å². The lowest BCUT2D eigenvalue weighted by molar-refractivity contribution is -0.380. The standard InChI is InChI=1S/C7H8N2O4S.ClH/c1-13-7(10)6(8)4-2-3-5(14-4)9(11)12;/h2-3,6H,8H2,1H3;1H/t6-;/m0./s1. The number of methoxy groups -OCH3 is 1. The molecule has 0 aromatic carbocycles. The zero-order valence-electron chi connectivity index (χ0n) is 7.71. The molecule has 0 spiro atoms. The van der Waals surface area contributed by atoms with Gasteiger partial charge >= 0.3 is 11.0 Å². The van der Waals surface area contributed by atoms with Crippen LogP contribution in [0.4, 0.5) is 5.00 Å². The molecule has 6 nitrogen and oxygen atoms in total. The van der Waals surface area contributed by atoms with Crippen LogP contribution in [0.2, 0.25) is 0 Å². The Morgan fingerprint density at radius 1 is 1.67 bits per heavy atom. The van der Waals surface area contributed by atoms with E-state index in [0.717, 1.165) is 11.3 Å². The summed E-state index contributed by atoms with van der Waals surface area (Å²) in [5.41, 5.74) is 5.48. The Labute approximate surface area is 95.6 Å². The maximum atomic E-state index is 11.0. The van der Waals surface area contributed by atoms with E-state index in [1.807, 2.05) is 0 Å². The maximum Gasteiger partial charge on any atom is 0.328 e.